The van der Waals surface area contributed by atoms with E-state index in [1.807, 2.05) is 25.1 Å². The Labute approximate surface area is 141 Å². The average molecular weight is 324 g/mol. The maximum absolute atomic E-state index is 12.4. The van der Waals surface area contributed by atoms with Crippen LogP contribution in [-0.4, -0.2) is 25.5 Å². The minimum absolute atomic E-state index is 0.0791. The summed E-state index contributed by atoms with van der Waals surface area (Å²) in [6.45, 7) is 2.62. The third kappa shape index (κ3) is 3.25. The molecular weight excluding hydrogens is 304 g/mol. The second kappa shape index (κ2) is 6.74. The topological polar surface area (TPSA) is 58.6 Å². The number of carbonyl (C=O) groups excluding carboxylic acids is 2. The zero-order valence-corrected chi connectivity index (χ0v) is 13.8. The monoisotopic (exact) mass is 324 g/mol. The number of carbonyl (C=O) groups is 2. The molecule has 0 spiro atoms. The van der Waals surface area contributed by atoms with Gasteiger partial charge in [0.15, 0.2) is 0 Å². The summed E-state index contributed by atoms with van der Waals surface area (Å²) in [4.78, 5) is 26.1. The van der Waals surface area contributed by atoms with Crippen molar-refractivity contribution in [2.45, 2.75) is 19.8 Å². The van der Waals surface area contributed by atoms with Crippen molar-refractivity contribution in [3.05, 3.63) is 53.6 Å². The fourth-order valence-electron chi connectivity index (χ4n) is 2.87. The van der Waals surface area contributed by atoms with Gasteiger partial charge in [-0.3, -0.25) is 9.59 Å². The third-order valence-corrected chi connectivity index (χ3v) is 4.08. The van der Waals surface area contributed by atoms with Crippen LogP contribution in [0.5, 0.6) is 5.75 Å². The van der Waals surface area contributed by atoms with Gasteiger partial charge >= 0.3 is 0 Å². The molecule has 1 heterocycles. The first kappa shape index (κ1) is 16.1. The van der Waals surface area contributed by atoms with Gasteiger partial charge in [0.05, 0.1) is 12.8 Å². The van der Waals surface area contributed by atoms with Gasteiger partial charge in [-0.15, -0.1) is 0 Å². The van der Waals surface area contributed by atoms with Crippen LogP contribution in [0.4, 0.5) is 11.4 Å². The van der Waals surface area contributed by atoms with Crippen LogP contribution in [0.1, 0.15) is 28.8 Å². The molecule has 0 unspecified atom stereocenters. The molecule has 2 aromatic rings. The molecule has 0 radical (unpaired) electrons. The number of nitrogens with zero attached hydrogens (tertiary/aromatic N) is 1. The van der Waals surface area contributed by atoms with Gasteiger partial charge in [-0.2, -0.15) is 0 Å². The number of benzene rings is 2. The van der Waals surface area contributed by atoms with E-state index in [4.69, 9.17) is 4.74 Å². The number of amides is 2. The summed E-state index contributed by atoms with van der Waals surface area (Å²) < 4.78 is 5.36. The standard InChI is InChI=1S/C19H20N2O3/c1-13-5-3-6-14(11-13)19(23)20-15-8-9-17(24-2)16(12-15)21-10-4-7-18(21)22/h3,5-6,8-9,11-12H,4,7,10H2,1-2H3,(H,20,23). The highest BCUT2D eigenvalue weighted by molar-refractivity contribution is 6.05. The molecule has 1 aliphatic heterocycles. The summed E-state index contributed by atoms with van der Waals surface area (Å²) in [5.41, 5.74) is 2.96. The number of methoxy groups -OCH3 is 1. The summed E-state index contributed by atoms with van der Waals surface area (Å²) >= 11 is 0. The molecular formula is C19H20N2O3. The van der Waals surface area contributed by atoms with Crippen molar-refractivity contribution in [3.63, 3.8) is 0 Å². The quantitative estimate of drug-likeness (QED) is 0.938. The first-order valence-corrected chi connectivity index (χ1v) is 7.95. The Morgan fingerprint density at radius 1 is 1.21 bits per heavy atom. The number of anilines is 2. The lowest BCUT2D eigenvalue weighted by molar-refractivity contribution is -0.117. The molecule has 1 N–H and O–H groups in total. The molecule has 0 saturated carbocycles. The Kier molecular flexibility index (Phi) is 4.51. The molecule has 24 heavy (non-hydrogen) atoms. The summed E-state index contributed by atoms with van der Waals surface area (Å²) in [7, 11) is 1.57. The van der Waals surface area contributed by atoms with E-state index in [0.29, 0.717) is 35.7 Å². The van der Waals surface area contributed by atoms with Crippen molar-refractivity contribution >= 4 is 23.2 Å². The van der Waals surface area contributed by atoms with Crippen molar-refractivity contribution in [1.82, 2.24) is 0 Å². The maximum atomic E-state index is 12.4. The van der Waals surface area contributed by atoms with Crippen LogP contribution in [0, 0.1) is 6.92 Å². The zero-order chi connectivity index (χ0) is 17.1. The van der Waals surface area contributed by atoms with E-state index in [-0.39, 0.29) is 11.8 Å². The minimum atomic E-state index is -0.178. The molecule has 1 aliphatic rings. The van der Waals surface area contributed by atoms with Crippen LogP contribution in [0.15, 0.2) is 42.5 Å². The highest BCUT2D eigenvalue weighted by Gasteiger charge is 2.24. The van der Waals surface area contributed by atoms with Crippen molar-refractivity contribution in [2.24, 2.45) is 0 Å². The van der Waals surface area contributed by atoms with E-state index in [2.05, 4.69) is 5.32 Å². The highest BCUT2D eigenvalue weighted by atomic mass is 16.5. The first-order chi connectivity index (χ1) is 11.6. The Morgan fingerprint density at radius 2 is 2.04 bits per heavy atom. The zero-order valence-electron chi connectivity index (χ0n) is 13.8. The van der Waals surface area contributed by atoms with Crippen LogP contribution >= 0.6 is 0 Å². The molecule has 5 nitrogen and oxygen atoms in total. The molecule has 1 fully saturated rings. The normalized spacial score (nSPS) is 13.9. The number of hydrogen-bond acceptors (Lipinski definition) is 3. The number of aryl methyl sites for hydroxylation is 1. The average Bonchev–Trinajstić information content (AvgIpc) is 3.00. The number of ether oxygens (including phenoxy) is 1. The van der Waals surface area contributed by atoms with Crippen molar-refractivity contribution in [3.8, 4) is 5.75 Å². The first-order valence-electron chi connectivity index (χ1n) is 7.95. The molecule has 1 saturated heterocycles. The predicted molar refractivity (Wildman–Crippen MR) is 93.7 cm³/mol. The van der Waals surface area contributed by atoms with Gasteiger partial charge in [0, 0.05) is 24.2 Å². The van der Waals surface area contributed by atoms with Crippen molar-refractivity contribution in [2.75, 3.05) is 23.9 Å². The van der Waals surface area contributed by atoms with Gasteiger partial charge in [-0.05, 0) is 43.7 Å². The van der Waals surface area contributed by atoms with Crippen LogP contribution in [0.25, 0.3) is 0 Å². The molecule has 0 atom stereocenters. The van der Waals surface area contributed by atoms with E-state index in [1.54, 1.807) is 36.3 Å². The number of hydrogen-bond donors (Lipinski definition) is 1. The Balaban J connectivity index is 1.86. The molecule has 124 valence electrons. The van der Waals surface area contributed by atoms with Crippen molar-refractivity contribution < 1.29 is 14.3 Å². The molecule has 5 heteroatoms. The van der Waals surface area contributed by atoms with Gasteiger partial charge in [0.25, 0.3) is 5.91 Å². The largest absolute Gasteiger partial charge is 0.495 e. The summed E-state index contributed by atoms with van der Waals surface area (Å²) in [6, 6.07) is 12.7. The van der Waals surface area contributed by atoms with E-state index < -0.39 is 0 Å². The van der Waals surface area contributed by atoms with Crippen molar-refractivity contribution in [1.29, 1.82) is 0 Å². The van der Waals surface area contributed by atoms with Crippen LogP contribution < -0.4 is 15.0 Å². The van der Waals surface area contributed by atoms with E-state index in [9.17, 15) is 9.59 Å². The highest BCUT2D eigenvalue weighted by Crippen LogP contribution is 2.34. The fourth-order valence-corrected chi connectivity index (χ4v) is 2.87. The predicted octanol–water partition coefficient (Wildman–Crippen LogP) is 3.38. The van der Waals surface area contributed by atoms with Gasteiger partial charge in [0.1, 0.15) is 5.75 Å². The Hall–Kier alpha value is -2.82. The van der Waals surface area contributed by atoms with Crippen LogP contribution in [0.2, 0.25) is 0 Å². The maximum Gasteiger partial charge on any atom is 0.255 e. The smallest absolute Gasteiger partial charge is 0.255 e. The van der Waals surface area contributed by atoms with Gasteiger partial charge < -0.3 is 15.0 Å². The minimum Gasteiger partial charge on any atom is -0.495 e. The number of nitrogens with one attached hydrogen (secondary N) is 1. The van der Waals surface area contributed by atoms with Gasteiger partial charge in [0.2, 0.25) is 5.91 Å². The van der Waals surface area contributed by atoms with Gasteiger partial charge in [-0.1, -0.05) is 17.7 Å². The summed E-state index contributed by atoms with van der Waals surface area (Å²) in [6.07, 6.45) is 1.38. The summed E-state index contributed by atoms with van der Waals surface area (Å²) in [5, 5.41) is 2.88. The molecule has 3 rings (SSSR count). The van der Waals surface area contributed by atoms with Crippen LogP contribution in [-0.2, 0) is 4.79 Å². The van der Waals surface area contributed by atoms with E-state index in [1.165, 1.54) is 0 Å². The third-order valence-electron chi connectivity index (χ3n) is 4.08. The second-order valence-electron chi connectivity index (χ2n) is 5.86. The lowest BCUT2D eigenvalue weighted by Gasteiger charge is -2.20. The molecule has 0 aliphatic carbocycles. The van der Waals surface area contributed by atoms with Crippen LogP contribution in [0.3, 0.4) is 0 Å². The Morgan fingerprint density at radius 3 is 2.71 bits per heavy atom. The lowest BCUT2D eigenvalue weighted by atomic mass is 10.1. The fraction of sp³-hybridized carbons (Fsp3) is 0.263. The molecule has 2 amide bonds. The number of rotatable bonds is 4. The molecule has 0 bridgehead atoms. The van der Waals surface area contributed by atoms with E-state index >= 15 is 0 Å². The molecule has 2 aromatic carbocycles. The Bertz CT molecular complexity index is 786. The van der Waals surface area contributed by atoms with E-state index in [0.717, 1.165) is 12.0 Å². The second-order valence-corrected chi connectivity index (χ2v) is 5.86. The van der Waals surface area contributed by atoms with Gasteiger partial charge in [-0.25, -0.2) is 0 Å². The molecule has 0 aromatic heterocycles. The summed E-state index contributed by atoms with van der Waals surface area (Å²) in [5.74, 6) is 0.525. The SMILES string of the molecule is COc1ccc(NC(=O)c2cccc(C)c2)cc1N1CCCC1=O. The lowest BCUT2D eigenvalue weighted by Crippen LogP contribution is -2.24.